The van der Waals surface area contributed by atoms with Gasteiger partial charge in [-0.05, 0) is 38.8 Å². The van der Waals surface area contributed by atoms with E-state index in [0.717, 1.165) is 11.4 Å². The maximum absolute atomic E-state index is 12.6. The number of aromatic nitrogens is 4. The molecule has 26 heavy (non-hydrogen) atoms. The number of halogens is 1. The van der Waals surface area contributed by atoms with Crippen molar-refractivity contribution < 1.29 is 4.79 Å². The SMILES string of the molecule is Cc1ccccc1Cn1cc(NC(=O)C(C)n2nc(C)c(Cl)c2C)cn1. The number of amides is 1. The van der Waals surface area contributed by atoms with Gasteiger partial charge in [0, 0.05) is 6.20 Å². The highest BCUT2D eigenvalue weighted by Crippen LogP contribution is 2.23. The van der Waals surface area contributed by atoms with Crippen molar-refractivity contribution in [2.45, 2.75) is 40.3 Å². The van der Waals surface area contributed by atoms with Gasteiger partial charge in [-0.2, -0.15) is 10.2 Å². The van der Waals surface area contributed by atoms with Gasteiger partial charge in [-0.3, -0.25) is 14.2 Å². The van der Waals surface area contributed by atoms with Crippen LogP contribution in [0.25, 0.3) is 0 Å². The molecule has 0 aliphatic rings. The Morgan fingerprint density at radius 3 is 2.65 bits per heavy atom. The average Bonchev–Trinajstić information content (AvgIpc) is 3.16. The van der Waals surface area contributed by atoms with Crippen molar-refractivity contribution in [1.82, 2.24) is 19.6 Å². The van der Waals surface area contributed by atoms with E-state index in [-0.39, 0.29) is 5.91 Å². The lowest BCUT2D eigenvalue weighted by Crippen LogP contribution is -2.25. The molecule has 0 radical (unpaired) electrons. The number of benzene rings is 1. The van der Waals surface area contributed by atoms with Crippen LogP contribution in [0.4, 0.5) is 5.69 Å². The van der Waals surface area contributed by atoms with Gasteiger partial charge >= 0.3 is 0 Å². The Morgan fingerprint density at radius 2 is 2.00 bits per heavy atom. The van der Waals surface area contributed by atoms with E-state index in [2.05, 4.69) is 34.6 Å². The van der Waals surface area contributed by atoms with Crippen LogP contribution in [0.15, 0.2) is 36.7 Å². The summed E-state index contributed by atoms with van der Waals surface area (Å²) in [5.41, 5.74) is 4.56. The van der Waals surface area contributed by atoms with Gasteiger partial charge in [0.25, 0.3) is 0 Å². The van der Waals surface area contributed by atoms with Gasteiger partial charge in [0.1, 0.15) is 6.04 Å². The van der Waals surface area contributed by atoms with E-state index in [0.29, 0.717) is 17.3 Å². The largest absolute Gasteiger partial charge is 0.322 e. The molecule has 0 fully saturated rings. The minimum absolute atomic E-state index is 0.164. The summed E-state index contributed by atoms with van der Waals surface area (Å²) in [6, 6.07) is 7.70. The molecular formula is C19H22ClN5O. The van der Waals surface area contributed by atoms with Gasteiger partial charge in [-0.1, -0.05) is 35.9 Å². The van der Waals surface area contributed by atoms with Crippen molar-refractivity contribution >= 4 is 23.2 Å². The summed E-state index contributed by atoms with van der Waals surface area (Å²) in [6.45, 7) is 8.20. The van der Waals surface area contributed by atoms with Crippen molar-refractivity contribution in [2.24, 2.45) is 0 Å². The van der Waals surface area contributed by atoms with Crippen LogP contribution in [0.5, 0.6) is 0 Å². The predicted octanol–water partition coefficient (Wildman–Crippen LogP) is 3.91. The molecule has 1 atom stereocenters. The first-order valence-corrected chi connectivity index (χ1v) is 8.83. The fourth-order valence-electron chi connectivity index (χ4n) is 2.85. The molecular weight excluding hydrogens is 350 g/mol. The zero-order valence-corrected chi connectivity index (χ0v) is 16.1. The number of carbonyl (C=O) groups is 1. The lowest BCUT2D eigenvalue weighted by molar-refractivity contribution is -0.119. The second-order valence-corrected chi connectivity index (χ2v) is 6.83. The molecule has 0 aliphatic heterocycles. The van der Waals surface area contributed by atoms with Crippen LogP contribution in [0.1, 0.15) is 35.5 Å². The molecule has 0 saturated carbocycles. The van der Waals surface area contributed by atoms with E-state index < -0.39 is 6.04 Å². The molecule has 6 nitrogen and oxygen atoms in total. The smallest absolute Gasteiger partial charge is 0.249 e. The Bertz CT molecular complexity index is 943. The van der Waals surface area contributed by atoms with Crippen molar-refractivity contribution in [2.75, 3.05) is 5.32 Å². The first kappa shape index (κ1) is 18.2. The number of rotatable bonds is 5. The Labute approximate surface area is 157 Å². The average molecular weight is 372 g/mol. The minimum Gasteiger partial charge on any atom is -0.322 e. The molecule has 1 N–H and O–H groups in total. The highest BCUT2D eigenvalue weighted by Gasteiger charge is 2.21. The van der Waals surface area contributed by atoms with Gasteiger partial charge in [0.2, 0.25) is 5.91 Å². The molecule has 0 saturated heterocycles. The molecule has 3 rings (SSSR count). The molecule has 0 bridgehead atoms. The first-order valence-electron chi connectivity index (χ1n) is 8.46. The quantitative estimate of drug-likeness (QED) is 0.739. The van der Waals surface area contributed by atoms with E-state index in [1.54, 1.807) is 17.8 Å². The van der Waals surface area contributed by atoms with Crippen LogP contribution in [0.2, 0.25) is 5.02 Å². The van der Waals surface area contributed by atoms with Gasteiger partial charge in [-0.25, -0.2) is 0 Å². The standard InChI is InChI=1S/C19H22ClN5O/c1-12-7-5-6-8-16(12)10-24-11-17(9-21-24)22-19(26)15(4)25-14(3)18(20)13(2)23-25/h5-9,11,15H,10H2,1-4H3,(H,22,26). The minimum atomic E-state index is -0.471. The molecule has 7 heteroatoms. The summed E-state index contributed by atoms with van der Waals surface area (Å²) in [4.78, 5) is 12.6. The zero-order valence-electron chi connectivity index (χ0n) is 15.3. The van der Waals surface area contributed by atoms with Gasteiger partial charge < -0.3 is 5.32 Å². The van der Waals surface area contributed by atoms with Gasteiger partial charge in [0.05, 0.1) is 34.8 Å². The number of hydrogen-bond donors (Lipinski definition) is 1. The summed E-state index contributed by atoms with van der Waals surface area (Å²) in [5.74, 6) is -0.164. The van der Waals surface area contributed by atoms with Crippen LogP contribution in [-0.4, -0.2) is 25.5 Å². The highest BCUT2D eigenvalue weighted by molar-refractivity contribution is 6.31. The molecule has 1 unspecified atom stereocenters. The van der Waals surface area contributed by atoms with E-state index in [1.807, 2.05) is 36.9 Å². The molecule has 1 aromatic carbocycles. The van der Waals surface area contributed by atoms with Crippen molar-refractivity contribution in [1.29, 1.82) is 0 Å². The van der Waals surface area contributed by atoms with E-state index in [9.17, 15) is 4.79 Å². The van der Waals surface area contributed by atoms with E-state index >= 15 is 0 Å². The number of nitrogens with zero attached hydrogens (tertiary/aromatic N) is 4. The summed E-state index contributed by atoms with van der Waals surface area (Å²) < 4.78 is 3.45. The molecule has 3 aromatic rings. The number of aryl methyl sites for hydroxylation is 2. The molecule has 136 valence electrons. The second kappa shape index (κ2) is 7.33. The summed E-state index contributed by atoms with van der Waals surface area (Å²) in [6.07, 6.45) is 3.47. The molecule has 2 heterocycles. The van der Waals surface area contributed by atoms with Crippen LogP contribution in [-0.2, 0) is 11.3 Å². The monoisotopic (exact) mass is 371 g/mol. The number of carbonyl (C=O) groups excluding carboxylic acids is 1. The van der Waals surface area contributed by atoms with Crippen molar-refractivity contribution in [3.8, 4) is 0 Å². The maximum atomic E-state index is 12.6. The number of anilines is 1. The molecule has 1 amide bonds. The summed E-state index contributed by atoms with van der Waals surface area (Å²) in [7, 11) is 0. The zero-order chi connectivity index (χ0) is 18.8. The Hall–Kier alpha value is -2.60. The van der Waals surface area contributed by atoms with Crippen LogP contribution in [0, 0.1) is 20.8 Å². The fraction of sp³-hybridized carbons (Fsp3) is 0.316. The van der Waals surface area contributed by atoms with Crippen LogP contribution >= 0.6 is 11.6 Å². The third-order valence-electron chi connectivity index (χ3n) is 4.48. The molecule has 2 aromatic heterocycles. The third kappa shape index (κ3) is 3.65. The number of nitrogens with one attached hydrogen (secondary N) is 1. The second-order valence-electron chi connectivity index (χ2n) is 6.45. The molecule has 0 aliphatic carbocycles. The lowest BCUT2D eigenvalue weighted by Gasteiger charge is -2.13. The third-order valence-corrected chi connectivity index (χ3v) is 5.02. The highest BCUT2D eigenvalue weighted by atomic mass is 35.5. The summed E-state index contributed by atoms with van der Waals surface area (Å²) >= 11 is 6.17. The topological polar surface area (TPSA) is 64.7 Å². The Balaban J connectivity index is 1.69. The van der Waals surface area contributed by atoms with Gasteiger partial charge in [0.15, 0.2) is 0 Å². The van der Waals surface area contributed by atoms with Gasteiger partial charge in [-0.15, -0.1) is 0 Å². The summed E-state index contributed by atoms with van der Waals surface area (Å²) in [5, 5.41) is 12.2. The van der Waals surface area contributed by atoms with Crippen molar-refractivity contribution in [3.63, 3.8) is 0 Å². The lowest BCUT2D eigenvalue weighted by atomic mass is 10.1. The Morgan fingerprint density at radius 1 is 1.27 bits per heavy atom. The number of hydrogen-bond acceptors (Lipinski definition) is 3. The first-order chi connectivity index (χ1) is 12.4. The van der Waals surface area contributed by atoms with E-state index in [4.69, 9.17) is 11.6 Å². The van der Waals surface area contributed by atoms with Crippen LogP contribution < -0.4 is 5.32 Å². The normalized spacial score (nSPS) is 12.2. The Kier molecular flexibility index (Phi) is 5.13. The van der Waals surface area contributed by atoms with Crippen molar-refractivity contribution in [3.05, 3.63) is 64.2 Å². The molecule has 0 spiro atoms. The predicted molar refractivity (Wildman–Crippen MR) is 103 cm³/mol. The maximum Gasteiger partial charge on any atom is 0.249 e. The van der Waals surface area contributed by atoms with E-state index in [1.165, 1.54) is 11.1 Å². The fourth-order valence-corrected chi connectivity index (χ4v) is 2.98. The van der Waals surface area contributed by atoms with Crippen LogP contribution in [0.3, 0.4) is 0 Å².